The molecule has 5 nitrogen and oxygen atoms in total. The van der Waals surface area contributed by atoms with Gasteiger partial charge in [0.05, 0.1) is 17.4 Å². The summed E-state index contributed by atoms with van der Waals surface area (Å²) in [5, 5.41) is 9.09. The second-order valence-corrected chi connectivity index (χ2v) is 5.17. The third-order valence-electron chi connectivity index (χ3n) is 2.98. The number of nitrogens with zero attached hydrogens (tertiary/aromatic N) is 2. The monoisotopic (exact) mass is 263 g/mol. The summed E-state index contributed by atoms with van der Waals surface area (Å²) in [7, 11) is 0. The smallest absolute Gasteiger partial charge is 0.309 e. The van der Waals surface area contributed by atoms with Crippen molar-refractivity contribution in [2.24, 2.45) is 5.92 Å². The average molecular weight is 263 g/mol. The van der Waals surface area contributed by atoms with Crippen LogP contribution in [-0.2, 0) is 9.53 Å². The molecule has 0 spiro atoms. The van der Waals surface area contributed by atoms with Crippen molar-refractivity contribution in [3.63, 3.8) is 0 Å². The Labute approximate surface area is 108 Å². The third kappa shape index (κ3) is 2.03. The predicted octanol–water partition coefficient (Wildman–Crippen LogP) is 2.20. The van der Waals surface area contributed by atoms with Crippen LogP contribution in [0.1, 0.15) is 25.1 Å². The van der Waals surface area contributed by atoms with E-state index < -0.39 is 0 Å². The van der Waals surface area contributed by atoms with Crippen molar-refractivity contribution in [1.82, 2.24) is 15.2 Å². The minimum absolute atomic E-state index is 0.0471. The van der Waals surface area contributed by atoms with Gasteiger partial charge in [0.1, 0.15) is 5.82 Å². The van der Waals surface area contributed by atoms with Gasteiger partial charge in [0.15, 0.2) is 5.82 Å². The van der Waals surface area contributed by atoms with E-state index in [0.29, 0.717) is 12.4 Å². The Bertz CT molecular complexity index is 549. The van der Waals surface area contributed by atoms with Crippen LogP contribution in [-0.4, -0.2) is 27.8 Å². The van der Waals surface area contributed by atoms with E-state index in [9.17, 15) is 4.79 Å². The number of thiophene rings is 1. The van der Waals surface area contributed by atoms with Crippen molar-refractivity contribution in [2.45, 2.75) is 19.3 Å². The normalized spacial score (nSPS) is 21.8. The lowest BCUT2D eigenvalue weighted by atomic mass is 10.3. The highest BCUT2D eigenvalue weighted by Crippen LogP contribution is 2.47. The Morgan fingerprint density at radius 1 is 1.67 bits per heavy atom. The molecule has 0 saturated heterocycles. The van der Waals surface area contributed by atoms with Crippen LogP contribution in [0.25, 0.3) is 10.7 Å². The number of ether oxygens (including phenoxy) is 1. The maximum Gasteiger partial charge on any atom is 0.309 e. The highest BCUT2D eigenvalue weighted by molar-refractivity contribution is 7.13. The number of carbonyl (C=O) groups is 1. The maximum absolute atomic E-state index is 11.5. The first kappa shape index (κ1) is 11.4. The molecule has 0 aromatic carbocycles. The van der Waals surface area contributed by atoms with Crippen molar-refractivity contribution in [2.75, 3.05) is 6.61 Å². The highest BCUT2D eigenvalue weighted by Gasteiger charge is 2.47. The second-order valence-electron chi connectivity index (χ2n) is 4.22. The molecular weight excluding hydrogens is 250 g/mol. The Morgan fingerprint density at radius 3 is 3.28 bits per heavy atom. The number of hydrogen-bond donors (Lipinski definition) is 1. The van der Waals surface area contributed by atoms with Gasteiger partial charge in [-0.05, 0) is 24.8 Å². The molecule has 0 bridgehead atoms. The van der Waals surface area contributed by atoms with Gasteiger partial charge in [0, 0.05) is 5.92 Å². The molecule has 0 aliphatic heterocycles. The van der Waals surface area contributed by atoms with Gasteiger partial charge in [-0.2, -0.15) is 5.10 Å². The Hall–Kier alpha value is -1.69. The fourth-order valence-electron chi connectivity index (χ4n) is 1.96. The van der Waals surface area contributed by atoms with E-state index in [1.165, 1.54) is 0 Å². The lowest BCUT2D eigenvalue weighted by Gasteiger charge is -1.98. The van der Waals surface area contributed by atoms with Crippen LogP contribution in [0.4, 0.5) is 0 Å². The minimum Gasteiger partial charge on any atom is -0.466 e. The zero-order valence-electron chi connectivity index (χ0n) is 9.92. The van der Waals surface area contributed by atoms with E-state index in [0.717, 1.165) is 17.1 Å². The number of H-pyrrole nitrogens is 1. The fourth-order valence-corrected chi connectivity index (χ4v) is 2.62. The first-order valence-corrected chi connectivity index (χ1v) is 6.80. The summed E-state index contributed by atoms with van der Waals surface area (Å²) in [5.41, 5.74) is 0. The lowest BCUT2D eigenvalue weighted by molar-refractivity contribution is -0.144. The van der Waals surface area contributed by atoms with Crippen LogP contribution < -0.4 is 0 Å². The van der Waals surface area contributed by atoms with Gasteiger partial charge in [-0.3, -0.25) is 9.89 Å². The number of hydrogen-bond acceptors (Lipinski definition) is 5. The van der Waals surface area contributed by atoms with E-state index >= 15 is 0 Å². The van der Waals surface area contributed by atoms with Crippen LogP contribution in [0.15, 0.2) is 17.5 Å². The molecule has 6 heteroatoms. The van der Waals surface area contributed by atoms with Crippen LogP contribution in [0, 0.1) is 5.92 Å². The highest BCUT2D eigenvalue weighted by atomic mass is 32.1. The van der Waals surface area contributed by atoms with Gasteiger partial charge in [-0.15, -0.1) is 11.3 Å². The van der Waals surface area contributed by atoms with Crippen molar-refractivity contribution in [3.8, 4) is 10.7 Å². The van der Waals surface area contributed by atoms with E-state index in [4.69, 9.17) is 4.74 Å². The predicted molar refractivity (Wildman–Crippen MR) is 67.2 cm³/mol. The standard InChI is InChI=1S/C12H13N3O2S/c1-2-17-12(16)8-6-7(8)10-13-11(15-14-10)9-4-3-5-18-9/h3-5,7-8H,2,6H2,1H3,(H,13,14,15)/t7-,8-/m1/s1. The van der Waals surface area contributed by atoms with Gasteiger partial charge in [-0.25, -0.2) is 4.98 Å². The van der Waals surface area contributed by atoms with Gasteiger partial charge in [0.25, 0.3) is 0 Å². The molecule has 18 heavy (non-hydrogen) atoms. The number of carbonyl (C=O) groups excluding carboxylic acids is 1. The van der Waals surface area contributed by atoms with Gasteiger partial charge in [0.2, 0.25) is 0 Å². The van der Waals surface area contributed by atoms with Crippen LogP contribution >= 0.6 is 11.3 Å². The van der Waals surface area contributed by atoms with Gasteiger partial charge in [-0.1, -0.05) is 6.07 Å². The Kier molecular flexibility index (Phi) is 2.87. The molecule has 2 atom stereocenters. The summed E-state index contributed by atoms with van der Waals surface area (Å²) < 4.78 is 5.00. The summed E-state index contributed by atoms with van der Waals surface area (Å²) in [5.74, 6) is 1.46. The number of aromatic amines is 1. The molecule has 0 unspecified atom stereocenters. The molecule has 2 heterocycles. The Morgan fingerprint density at radius 2 is 2.56 bits per heavy atom. The molecule has 1 aliphatic carbocycles. The third-order valence-corrected chi connectivity index (χ3v) is 3.84. The van der Waals surface area contributed by atoms with Crippen molar-refractivity contribution >= 4 is 17.3 Å². The molecule has 1 saturated carbocycles. The number of esters is 1. The molecule has 2 aromatic rings. The quantitative estimate of drug-likeness (QED) is 0.859. The average Bonchev–Trinajstić information content (AvgIpc) is 2.82. The molecule has 2 aromatic heterocycles. The van der Waals surface area contributed by atoms with Gasteiger partial charge >= 0.3 is 5.97 Å². The zero-order chi connectivity index (χ0) is 12.5. The van der Waals surface area contributed by atoms with Crippen molar-refractivity contribution in [3.05, 3.63) is 23.3 Å². The number of nitrogens with one attached hydrogen (secondary N) is 1. The first-order chi connectivity index (χ1) is 8.79. The maximum atomic E-state index is 11.5. The van der Waals surface area contributed by atoms with E-state index in [2.05, 4.69) is 15.2 Å². The molecule has 1 fully saturated rings. The van der Waals surface area contributed by atoms with Gasteiger partial charge < -0.3 is 4.74 Å². The summed E-state index contributed by atoms with van der Waals surface area (Å²) in [6.45, 7) is 2.25. The molecule has 1 N–H and O–H groups in total. The first-order valence-electron chi connectivity index (χ1n) is 5.92. The van der Waals surface area contributed by atoms with Crippen molar-refractivity contribution < 1.29 is 9.53 Å². The van der Waals surface area contributed by atoms with Crippen LogP contribution in [0.3, 0.4) is 0 Å². The molecule has 0 amide bonds. The Balaban J connectivity index is 1.71. The molecule has 1 aliphatic rings. The number of rotatable bonds is 4. The van der Waals surface area contributed by atoms with Crippen LogP contribution in [0.2, 0.25) is 0 Å². The summed E-state index contributed by atoms with van der Waals surface area (Å²) in [4.78, 5) is 17.0. The topological polar surface area (TPSA) is 67.9 Å². The minimum atomic E-state index is -0.128. The molecule has 94 valence electrons. The second kappa shape index (κ2) is 4.53. The summed E-state index contributed by atoms with van der Waals surface area (Å²) >= 11 is 1.60. The van der Waals surface area contributed by atoms with Crippen LogP contribution in [0.5, 0.6) is 0 Å². The molecule has 0 radical (unpaired) electrons. The lowest BCUT2D eigenvalue weighted by Crippen LogP contribution is -2.07. The van der Waals surface area contributed by atoms with E-state index in [-0.39, 0.29) is 17.8 Å². The SMILES string of the molecule is CCOC(=O)[C@@H]1C[C@H]1c1nc(-c2cccs2)n[nH]1. The largest absolute Gasteiger partial charge is 0.466 e. The summed E-state index contributed by atoms with van der Waals surface area (Å²) in [6, 6.07) is 3.95. The molecular formula is C12H13N3O2S. The zero-order valence-corrected chi connectivity index (χ0v) is 10.7. The fraction of sp³-hybridized carbons (Fsp3) is 0.417. The molecule has 3 rings (SSSR count). The van der Waals surface area contributed by atoms with E-state index in [1.54, 1.807) is 11.3 Å². The van der Waals surface area contributed by atoms with Crippen molar-refractivity contribution in [1.29, 1.82) is 0 Å². The summed E-state index contributed by atoms with van der Waals surface area (Å²) in [6.07, 6.45) is 0.803. The number of aromatic nitrogens is 3. The van der Waals surface area contributed by atoms with E-state index in [1.807, 2.05) is 24.4 Å².